The fourth-order valence-corrected chi connectivity index (χ4v) is 1.71. The van der Waals surface area contributed by atoms with Crippen LogP contribution in [0.2, 0.25) is 0 Å². The first kappa shape index (κ1) is 11.0. The minimum absolute atomic E-state index is 0.0297. The largest absolute Gasteiger partial charge is 0.381 e. The van der Waals surface area contributed by atoms with E-state index in [4.69, 9.17) is 10.00 Å². The highest BCUT2D eigenvalue weighted by molar-refractivity contribution is 5.79. The molecule has 2 atom stereocenters. The van der Waals surface area contributed by atoms with Gasteiger partial charge in [-0.05, 0) is 12.3 Å². The third-order valence-electron chi connectivity index (χ3n) is 2.64. The number of carbonyl (C=O) groups is 1. The number of hydrogen-bond acceptors (Lipinski definition) is 3. The van der Waals surface area contributed by atoms with Crippen molar-refractivity contribution in [2.24, 2.45) is 11.8 Å². The van der Waals surface area contributed by atoms with Gasteiger partial charge in [0, 0.05) is 26.2 Å². The lowest BCUT2D eigenvalue weighted by atomic mass is 9.89. The Morgan fingerprint density at radius 3 is 3.00 bits per heavy atom. The monoisotopic (exact) mass is 196 g/mol. The van der Waals surface area contributed by atoms with Gasteiger partial charge in [-0.15, -0.1) is 0 Å². The maximum Gasteiger partial charge on any atom is 0.226 e. The zero-order valence-corrected chi connectivity index (χ0v) is 8.69. The number of rotatable bonds is 2. The molecule has 1 aliphatic heterocycles. The van der Waals surface area contributed by atoms with E-state index in [9.17, 15) is 4.79 Å². The Kier molecular flexibility index (Phi) is 3.90. The Morgan fingerprint density at radius 2 is 2.43 bits per heavy atom. The lowest BCUT2D eigenvalue weighted by Crippen LogP contribution is -2.40. The summed E-state index contributed by atoms with van der Waals surface area (Å²) < 4.78 is 5.27. The highest BCUT2D eigenvalue weighted by Gasteiger charge is 2.30. The van der Waals surface area contributed by atoms with Crippen LogP contribution in [0.1, 0.15) is 13.3 Å². The Balaban J connectivity index is 2.54. The normalized spacial score (nSPS) is 26.6. The van der Waals surface area contributed by atoms with Gasteiger partial charge in [0.25, 0.3) is 0 Å². The van der Waals surface area contributed by atoms with E-state index >= 15 is 0 Å². The molecule has 1 fully saturated rings. The van der Waals surface area contributed by atoms with E-state index in [0.717, 1.165) is 6.42 Å². The molecule has 4 heteroatoms. The lowest BCUT2D eigenvalue weighted by molar-refractivity contribution is -0.139. The van der Waals surface area contributed by atoms with Crippen LogP contribution in [0.5, 0.6) is 0 Å². The van der Waals surface area contributed by atoms with Crippen molar-refractivity contribution in [1.29, 1.82) is 5.26 Å². The molecule has 1 saturated heterocycles. The number of nitrogens with zero attached hydrogens (tertiary/aromatic N) is 2. The standard InChI is InChI=1S/C10H16N2O2/c1-8-7-14-6-3-9(8)10(13)12(2)5-4-11/h8-9H,3,5-7H2,1-2H3. The molecular formula is C10H16N2O2. The van der Waals surface area contributed by atoms with Crippen molar-refractivity contribution in [3.8, 4) is 6.07 Å². The fraction of sp³-hybridized carbons (Fsp3) is 0.800. The Labute approximate surface area is 84.4 Å². The molecule has 0 aromatic rings. The van der Waals surface area contributed by atoms with Gasteiger partial charge in [0.15, 0.2) is 0 Å². The summed E-state index contributed by atoms with van der Waals surface area (Å²) in [5, 5.41) is 8.48. The minimum Gasteiger partial charge on any atom is -0.381 e. The van der Waals surface area contributed by atoms with Gasteiger partial charge in [0.05, 0.1) is 6.07 Å². The fourth-order valence-electron chi connectivity index (χ4n) is 1.71. The molecule has 0 aromatic carbocycles. The van der Waals surface area contributed by atoms with Gasteiger partial charge in [0.1, 0.15) is 6.54 Å². The second-order valence-electron chi connectivity index (χ2n) is 3.80. The first-order valence-corrected chi connectivity index (χ1v) is 4.86. The van der Waals surface area contributed by atoms with E-state index < -0.39 is 0 Å². The molecule has 0 bridgehead atoms. The molecule has 0 spiro atoms. The van der Waals surface area contributed by atoms with Crippen LogP contribution in [0, 0.1) is 23.2 Å². The van der Waals surface area contributed by atoms with Crippen LogP contribution in [0.25, 0.3) is 0 Å². The van der Waals surface area contributed by atoms with Crippen LogP contribution in [0.4, 0.5) is 0 Å². The minimum atomic E-state index is 0.0297. The Hall–Kier alpha value is -1.08. The van der Waals surface area contributed by atoms with Crippen LogP contribution in [-0.4, -0.2) is 37.6 Å². The summed E-state index contributed by atoms with van der Waals surface area (Å²) in [6.07, 6.45) is 0.774. The van der Waals surface area contributed by atoms with Crippen LogP contribution >= 0.6 is 0 Å². The predicted molar refractivity (Wildman–Crippen MR) is 51.3 cm³/mol. The molecule has 1 amide bonds. The molecule has 0 saturated carbocycles. The number of hydrogen-bond donors (Lipinski definition) is 0. The summed E-state index contributed by atoms with van der Waals surface area (Å²) in [6.45, 7) is 3.49. The summed E-state index contributed by atoms with van der Waals surface area (Å²) in [5.74, 6) is 0.363. The van der Waals surface area contributed by atoms with E-state index in [1.807, 2.05) is 13.0 Å². The molecule has 0 N–H and O–H groups in total. The number of ether oxygens (including phenoxy) is 1. The van der Waals surface area contributed by atoms with Crippen molar-refractivity contribution in [3.63, 3.8) is 0 Å². The summed E-state index contributed by atoms with van der Waals surface area (Å²) >= 11 is 0. The van der Waals surface area contributed by atoms with Gasteiger partial charge in [0.2, 0.25) is 5.91 Å². The zero-order valence-electron chi connectivity index (χ0n) is 8.69. The van der Waals surface area contributed by atoms with E-state index in [1.54, 1.807) is 7.05 Å². The van der Waals surface area contributed by atoms with Gasteiger partial charge >= 0.3 is 0 Å². The van der Waals surface area contributed by atoms with Crippen molar-refractivity contribution < 1.29 is 9.53 Å². The maximum absolute atomic E-state index is 11.8. The number of carbonyl (C=O) groups excluding carboxylic acids is 1. The summed E-state index contributed by atoms with van der Waals surface area (Å²) in [6, 6.07) is 1.98. The van der Waals surface area contributed by atoms with Gasteiger partial charge in [-0.1, -0.05) is 6.92 Å². The maximum atomic E-state index is 11.8. The number of nitriles is 1. The highest BCUT2D eigenvalue weighted by Crippen LogP contribution is 2.22. The summed E-state index contributed by atoms with van der Waals surface area (Å²) in [5.41, 5.74) is 0. The third kappa shape index (κ3) is 2.46. The van der Waals surface area contributed by atoms with Gasteiger partial charge in [-0.2, -0.15) is 5.26 Å². The van der Waals surface area contributed by atoms with Gasteiger partial charge in [-0.3, -0.25) is 4.79 Å². The molecule has 0 aromatic heterocycles. The Bertz CT molecular complexity index is 247. The molecule has 4 nitrogen and oxygen atoms in total. The van der Waals surface area contributed by atoms with E-state index in [-0.39, 0.29) is 24.3 Å². The number of amides is 1. The molecule has 0 aliphatic carbocycles. The Morgan fingerprint density at radius 1 is 1.71 bits per heavy atom. The average Bonchev–Trinajstić information content (AvgIpc) is 2.18. The SMILES string of the molecule is CC1COCCC1C(=O)N(C)CC#N. The molecule has 1 aliphatic rings. The molecule has 1 rings (SSSR count). The predicted octanol–water partition coefficient (Wildman–Crippen LogP) is 0.641. The molecule has 1 heterocycles. The summed E-state index contributed by atoms with van der Waals surface area (Å²) in [4.78, 5) is 13.3. The van der Waals surface area contributed by atoms with Gasteiger partial charge in [-0.25, -0.2) is 0 Å². The molecule has 0 radical (unpaired) electrons. The quantitative estimate of drug-likeness (QED) is 0.609. The van der Waals surface area contributed by atoms with Gasteiger partial charge < -0.3 is 9.64 Å². The van der Waals surface area contributed by atoms with Crippen LogP contribution < -0.4 is 0 Å². The second-order valence-corrected chi connectivity index (χ2v) is 3.80. The van der Waals surface area contributed by atoms with E-state index in [1.165, 1.54) is 4.90 Å². The lowest BCUT2D eigenvalue weighted by Gasteiger charge is -2.30. The molecule has 78 valence electrons. The van der Waals surface area contributed by atoms with E-state index in [2.05, 4.69) is 0 Å². The molecule has 14 heavy (non-hydrogen) atoms. The first-order chi connectivity index (χ1) is 6.66. The van der Waals surface area contributed by atoms with Crippen molar-refractivity contribution in [3.05, 3.63) is 0 Å². The topological polar surface area (TPSA) is 53.3 Å². The first-order valence-electron chi connectivity index (χ1n) is 4.86. The summed E-state index contributed by atoms with van der Waals surface area (Å²) in [7, 11) is 1.67. The van der Waals surface area contributed by atoms with Crippen molar-refractivity contribution >= 4 is 5.91 Å². The van der Waals surface area contributed by atoms with Crippen LogP contribution in [0.3, 0.4) is 0 Å². The van der Waals surface area contributed by atoms with Crippen molar-refractivity contribution in [2.75, 3.05) is 26.8 Å². The van der Waals surface area contributed by atoms with E-state index in [0.29, 0.717) is 13.2 Å². The highest BCUT2D eigenvalue weighted by atomic mass is 16.5. The average molecular weight is 196 g/mol. The third-order valence-corrected chi connectivity index (χ3v) is 2.64. The van der Waals surface area contributed by atoms with Crippen molar-refractivity contribution in [2.45, 2.75) is 13.3 Å². The van der Waals surface area contributed by atoms with Crippen molar-refractivity contribution in [1.82, 2.24) is 4.90 Å². The van der Waals surface area contributed by atoms with Crippen LogP contribution in [0.15, 0.2) is 0 Å². The zero-order chi connectivity index (χ0) is 10.6. The molecule has 2 unspecified atom stereocenters. The molecular weight excluding hydrogens is 180 g/mol. The smallest absolute Gasteiger partial charge is 0.226 e. The second kappa shape index (κ2) is 4.97. The van der Waals surface area contributed by atoms with Crippen LogP contribution in [-0.2, 0) is 9.53 Å².